The van der Waals surface area contributed by atoms with Crippen LogP contribution in [0.25, 0.3) is 11.3 Å². The van der Waals surface area contributed by atoms with Crippen LogP contribution in [0, 0.1) is 0 Å². The van der Waals surface area contributed by atoms with E-state index in [1.807, 2.05) is 0 Å². The zero-order valence-electron chi connectivity index (χ0n) is 12.5. The Morgan fingerprint density at radius 3 is 2.36 bits per heavy atom. The van der Waals surface area contributed by atoms with Gasteiger partial charge in [0.05, 0.1) is 28.8 Å². The van der Waals surface area contributed by atoms with Crippen LogP contribution in [0.4, 0.5) is 11.4 Å². The second-order valence-electron chi connectivity index (χ2n) is 4.93. The topological polar surface area (TPSA) is 127 Å². The molecule has 3 aromatic rings. The molecule has 0 saturated heterocycles. The van der Waals surface area contributed by atoms with E-state index in [1.54, 1.807) is 24.3 Å². The van der Waals surface area contributed by atoms with Crippen LogP contribution >= 0.6 is 0 Å². The third-order valence-electron chi connectivity index (χ3n) is 3.41. The lowest BCUT2D eigenvalue weighted by atomic mass is 10.1. The van der Waals surface area contributed by atoms with Crippen molar-refractivity contribution in [3.8, 4) is 17.1 Å². The minimum atomic E-state index is -2.69. The summed E-state index contributed by atoms with van der Waals surface area (Å²) in [6, 6.07) is 9.91. The number of nitrogens with zero attached hydrogens (tertiary/aromatic N) is 2. The molecule has 0 bridgehead atoms. The van der Waals surface area contributed by atoms with Crippen molar-refractivity contribution in [2.45, 2.75) is 0 Å². The number of carboxylic acid groups (broad SMARTS) is 1. The predicted molar refractivity (Wildman–Crippen MR) is 88.1 cm³/mol. The summed E-state index contributed by atoms with van der Waals surface area (Å²) in [6.45, 7) is 0. The Morgan fingerprint density at radius 1 is 1.16 bits per heavy atom. The van der Waals surface area contributed by atoms with Crippen molar-refractivity contribution >= 4 is 28.6 Å². The predicted octanol–water partition coefficient (Wildman–Crippen LogP) is 2.68. The molecule has 0 saturated carbocycles. The number of aromatic hydroxyl groups is 1. The van der Waals surface area contributed by atoms with Crippen molar-refractivity contribution in [3.63, 3.8) is 0 Å². The normalized spacial score (nSPS) is 11.9. The summed E-state index contributed by atoms with van der Waals surface area (Å²) in [5, 5.41) is 18.7. The van der Waals surface area contributed by atoms with Gasteiger partial charge in [0.1, 0.15) is 11.3 Å². The SMILES string of the molecule is O=C(O)c1ccc(N(c2ccc(-c3cnco3)cc2)S(=O)[O-])cc1O. The van der Waals surface area contributed by atoms with Crippen molar-refractivity contribution < 1.29 is 28.2 Å². The summed E-state index contributed by atoms with van der Waals surface area (Å²) in [4.78, 5) is 14.8. The molecule has 0 aliphatic heterocycles. The van der Waals surface area contributed by atoms with Gasteiger partial charge in [-0.2, -0.15) is 0 Å². The molecular formula is C16H11N2O6S-. The number of phenols is 1. The smallest absolute Gasteiger partial charge is 0.339 e. The molecule has 2 N–H and O–H groups in total. The molecule has 0 aliphatic carbocycles. The fourth-order valence-electron chi connectivity index (χ4n) is 2.27. The van der Waals surface area contributed by atoms with Gasteiger partial charge in [0.25, 0.3) is 0 Å². The molecule has 0 fully saturated rings. The number of oxazole rings is 1. The average molecular weight is 359 g/mol. The first-order valence-electron chi connectivity index (χ1n) is 6.92. The van der Waals surface area contributed by atoms with Gasteiger partial charge in [-0.1, -0.05) is 0 Å². The lowest BCUT2D eigenvalue weighted by Crippen LogP contribution is -2.19. The molecule has 3 rings (SSSR count). The van der Waals surface area contributed by atoms with Crippen LogP contribution in [-0.2, 0) is 11.3 Å². The Balaban J connectivity index is 1.98. The van der Waals surface area contributed by atoms with Gasteiger partial charge < -0.3 is 19.2 Å². The fraction of sp³-hybridized carbons (Fsp3) is 0. The van der Waals surface area contributed by atoms with Crippen molar-refractivity contribution in [2.75, 3.05) is 4.31 Å². The Kier molecular flexibility index (Phi) is 4.50. The van der Waals surface area contributed by atoms with E-state index in [2.05, 4.69) is 4.98 Å². The lowest BCUT2D eigenvalue weighted by Gasteiger charge is -2.26. The van der Waals surface area contributed by atoms with E-state index in [4.69, 9.17) is 9.52 Å². The lowest BCUT2D eigenvalue weighted by molar-refractivity contribution is 0.0694. The summed E-state index contributed by atoms with van der Waals surface area (Å²) >= 11 is -2.69. The summed E-state index contributed by atoms with van der Waals surface area (Å²) < 4.78 is 29.4. The summed E-state index contributed by atoms with van der Waals surface area (Å²) in [5.74, 6) is -1.31. The van der Waals surface area contributed by atoms with Gasteiger partial charge in [-0.15, -0.1) is 0 Å². The van der Waals surface area contributed by atoms with Gasteiger partial charge in [0.2, 0.25) is 0 Å². The Hall–Kier alpha value is -3.17. The summed E-state index contributed by atoms with van der Waals surface area (Å²) in [5.41, 5.74) is 0.797. The number of carboxylic acids is 1. The van der Waals surface area contributed by atoms with E-state index in [9.17, 15) is 18.7 Å². The third kappa shape index (κ3) is 3.37. The van der Waals surface area contributed by atoms with Gasteiger partial charge in [-0.3, -0.25) is 8.51 Å². The maximum Gasteiger partial charge on any atom is 0.339 e. The van der Waals surface area contributed by atoms with Crippen molar-refractivity contribution in [1.29, 1.82) is 0 Å². The number of aromatic nitrogens is 1. The molecule has 1 atom stereocenters. The largest absolute Gasteiger partial charge is 0.755 e. The zero-order valence-corrected chi connectivity index (χ0v) is 13.3. The maximum atomic E-state index is 11.6. The average Bonchev–Trinajstić information content (AvgIpc) is 3.09. The monoisotopic (exact) mass is 359 g/mol. The number of hydrogen-bond acceptors (Lipinski definition) is 6. The summed E-state index contributed by atoms with van der Waals surface area (Å²) in [7, 11) is 0. The molecule has 0 amide bonds. The molecular weight excluding hydrogens is 348 g/mol. The van der Waals surface area contributed by atoms with Gasteiger partial charge in [0.15, 0.2) is 12.2 Å². The van der Waals surface area contributed by atoms with E-state index >= 15 is 0 Å². The van der Waals surface area contributed by atoms with E-state index in [1.165, 1.54) is 18.7 Å². The molecule has 1 unspecified atom stereocenters. The fourth-order valence-corrected chi connectivity index (χ4v) is 2.85. The molecule has 1 heterocycles. The van der Waals surface area contributed by atoms with Gasteiger partial charge in [-0.25, -0.2) is 9.78 Å². The van der Waals surface area contributed by atoms with E-state index in [0.29, 0.717) is 17.0 Å². The maximum absolute atomic E-state index is 11.6. The molecule has 2 aromatic carbocycles. The van der Waals surface area contributed by atoms with Crippen LogP contribution in [0.1, 0.15) is 10.4 Å². The number of carbonyl (C=O) groups is 1. The molecule has 0 radical (unpaired) electrons. The molecule has 1 aromatic heterocycles. The van der Waals surface area contributed by atoms with E-state index < -0.39 is 23.0 Å². The molecule has 9 heteroatoms. The Morgan fingerprint density at radius 2 is 1.84 bits per heavy atom. The van der Waals surface area contributed by atoms with Gasteiger partial charge in [-0.05, 0) is 36.4 Å². The van der Waals surface area contributed by atoms with Crippen molar-refractivity contribution in [3.05, 3.63) is 60.6 Å². The number of rotatable bonds is 5. The second kappa shape index (κ2) is 6.75. The number of anilines is 2. The Labute approximate surface area is 144 Å². The van der Waals surface area contributed by atoms with Crippen LogP contribution in [0.15, 0.2) is 59.5 Å². The minimum Gasteiger partial charge on any atom is -0.755 e. The standard InChI is InChI=1S/C16H12N2O6S/c19-14-7-12(5-6-13(14)16(20)21)18(25(22)23)11-3-1-10(2-4-11)15-8-17-9-24-15/h1-9,19H,(H,20,21)(H,22,23)/p-1. The number of benzene rings is 2. The molecule has 0 spiro atoms. The highest BCUT2D eigenvalue weighted by Gasteiger charge is 2.16. The van der Waals surface area contributed by atoms with Crippen LogP contribution in [0.5, 0.6) is 5.75 Å². The molecule has 0 aliphatic rings. The highest BCUT2D eigenvalue weighted by Crippen LogP contribution is 2.32. The third-order valence-corrected chi connectivity index (χ3v) is 4.13. The van der Waals surface area contributed by atoms with E-state index in [-0.39, 0.29) is 11.3 Å². The van der Waals surface area contributed by atoms with Crippen molar-refractivity contribution in [1.82, 2.24) is 4.98 Å². The van der Waals surface area contributed by atoms with E-state index in [0.717, 1.165) is 16.4 Å². The first-order valence-corrected chi connectivity index (χ1v) is 7.95. The van der Waals surface area contributed by atoms with Crippen LogP contribution in [0.3, 0.4) is 0 Å². The molecule has 25 heavy (non-hydrogen) atoms. The first-order chi connectivity index (χ1) is 12.0. The Bertz CT molecular complexity index is 924. The minimum absolute atomic E-state index is 0.100. The quantitative estimate of drug-likeness (QED) is 0.670. The zero-order chi connectivity index (χ0) is 18.0. The van der Waals surface area contributed by atoms with Crippen LogP contribution < -0.4 is 4.31 Å². The first kappa shape index (κ1) is 16.7. The highest BCUT2D eigenvalue weighted by molar-refractivity contribution is 7.81. The van der Waals surface area contributed by atoms with Crippen molar-refractivity contribution in [2.24, 2.45) is 0 Å². The molecule has 8 nitrogen and oxygen atoms in total. The van der Waals surface area contributed by atoms with Crippen LogP contribution in [0.2, 0.25) is 0 Å². The molecule has 128 valence electrons. The van der Waals surface area contributed by atoms with Crippen LogP contribution in [-0.4, -0.2) is 29.9 Å². The number of hydrogen-bond donors (Lipinski definition) is 2. The van der Waals surface area contributed by atoms with Gasteiger partial charge >= 0.3 is 5.97 Å². The van der Waals surface area contributed by atoms with Gasteiger partial charge in [0, 0.05) is 11.6 Å². The number of aromatic carboxylic acids is 1. The summed E-state index contributed by atoms with van der Waals surface area (Å²) in [6.07, 6.45) is 2.82. The highest BCUT2D eigenvalue weighted by atomic mass is 32.2. The second-order valence-corrected chi connectivity index (χ2v) is 5.73.